The number of ether oxygens (including phenoxy) is 1. The molecule has 2 heteroatoms. The van der Waals surface area contributed by atoms with Gasteiger partial charge in [-0.05, 0) is 24.8 Å². The van der Waals surface area contributed by atoms with Crippen molar-refractivity contribution >= 4 is 0 Å². The van der Waals surface area contributed by atoms with Gasteiger partial charge in [-0.15, -0.1) is 0 Å². The SMILES string of the molecule is OC1CCC(CCc2ccccc2)O1. The van der Waals surface area contributed by atoms with E-state index in [0.29, 0.717) is 0 Å². The lowest BCUT2D eigenvalue weighted by Gasteiger charge is -2.09. The highest BCUT2D eigenvalue weighted by molar-refractivity contribution is 5.14. The van der Waals surface area contributed by atoms with Gasteiger partial charge in [0.05, 0.1) is 6.10 Å². The third-order valence-corrected chi connectivity index (χ3v) is 2.68. The summed E-state index contributed by atoms with van der Waals surface area (Å²) in [6.07, 6.45) is 3.58. The Hall–Kier alpha value is -0.860. The quantitative estimate of drug-likeness (QED) is 0.794. The fourth-order valence-corrected chi connectivity index (χ4v) is 1.87. The topological polar surface area (TPSA) is 29.5 Å². The Labute approximate surface area is 84.5 Å². The van der Waals surface area contributed by atoms with Crippen LogP contribution in [-0.2, 0) is 11.2 Å². The fraction of sp³-hybridized carbons (Fsp3) is 0.500. The number of hydrogen-bond donors (Lipinski definition) is 1. The van der Waals surface area contributed by atoms with E-state index >= 15 is 0 Å². The van der Waals surface area contributed by atoms with Crippen LogP contribution in [0.25, 0.3) is 0 Å². The van der Waals surface area contributed by atoms with Crippen molar-refractivity contribution in [3.63, 3.8) is 0 Å². The van der Waals surface area contributed by atoms with Crippen molar-refractivity contribution in [1.82, 2.24) is 0 Å². The van der Waals surface area contributed by atoms with Crippen LogP contribution in [0.1, 0.15) is 24.8 Å². The molecule has 0 saturated carbocycles. The lowest BCUT2D eigenvalue weighted by Crippen LogP contribution is -2.10. The number of aliphatic hydroxyl groups is 1. The molecule has 1 aromatic carbocycles. The van der Waals surface area contributed by atoms with Gasteiger partial charge in [0.1, 0.15) is 0 Å². The van der Waals surface area contributed by atoms with Crippen molar-refractivity contribution < 1.29 is 9.84 Å². The van der Waals surface area contributed by atoms with Crippen LogP contribution in [0.5, 0.6) is 0 Å². The van der Waals surface area contributed by atoms with Gasteiger partial charge < -0.3 is 9.84 Å². The van der Waals surface area contributed by atoms with Gasteiger partial charge in [-0.1, -0.05) is 30.3 Å². The Bertz CT molecular complexity index is 271. The van der Waals surface area contributed by atoms with Crippen LogP contribution in [0.4, 0.5) is 0 Å². The predicted molar refractivity (Wildman–Crippen MR) is 54.9 cm³/mol. The van der Waals surface area contributed by atoms with Crippen LogP contribution < -0.4 is 0 Å². The molecule has 1 aliphatic heterocycles. The highest BCUT2D eigenvalue weighted by Gasteiger charge is 2.22. The standard InChI is InChI=1S/C12H16O2/c13-12-9-8-11(14-12)7-6-10-4-2-1-3-5-10/h1-5,11-13H,6-9H2. The molecule has 2 atom stereocenters. The molecule has 1 heterocycles. The Morgan fingerprint density at radius 3 is 2.64 bits per heavy atom. The predicted octanol–water partition coefficient (Wildman–Crippen LogP) is 2.12. The minimum Gasteiger partial charge on any atom is -0.368 e. The van der Waals surface area contributed by atoms with Crippen molar-refractivity contribution in [2.75, 3.05) is 0 Å². The Morgan fingerprint density at radius 1 is 1.21 bits per heavy atom. The van der Waals surface area contributed by atoms with Gasteiger partial charge in [-0.25, -0.2) is 0 Å². The largest absolute Gasteiger partial charge is 0.368 e. The van der Waals surface area contributed by atoms with Crippen molar-refractivity contribution in [2.45, 2.75) is 38.1 Å². The third kappa shape index (κ3) is 2.56. The number of aryl methyl sites for hydroxylation is 1. The molecule has 0 aromatic heterocycles. The summed E-state index contributed by atoms with van der Waals surface area (Å²) in [5.74, 6) is 0. The first-order chi connectivity index (χ1) is 6.84. The summed E-state index contributed by atoms with van der Waals surface area (Å²) < 4.78 is 5.34. The molecule has 0 radical (unpaired) electrons. The molecule has 1 aromatic rings. The fourth-order valence-electron chi connectivity index (χ4n) is 1.87. The number of aliphatic hydroxyl groups excluding tert-OH is 1. The van der Waals surface area contributed by atoms with Crippen LogP contribution in [-0.4, -0.2) is 17.5 Å². The minimum atomic E-state index is -0.518. The van der Waals surface area contributed by atoms with Gasteiger partial charge in [-0.3, -0.25) is 0 Å². The van der Waals surface area contributed by atoms with Gasteiger partial charge in [0.25, 0.3) is 0 Å². The van der Waals surface area contributed by atoms with Gasteiger partial charge in [0.2, 0.25) is 0 Å². The molecule has 1 saturated heterocycles. The van der Waals surface area contributed by atoms with Crippen LogP contribution in [0.2, 0.25) is 0 Å². The minimum absolute atomic E-state index is 0.255. The molecule has 14 heavy (non-hydrogen) atoms. The van der Waals surface area contributed by atoms with Crippen LogP contribution in [0.3, 0.4) is 0 Å². The first-order valence-corrected chi connectivity index (χ1v) is 5.22. The van der Waals surface area contributed by atoms with E-state index in [1.54, 1.807) is 0 Å². The Morgan fingerprint density at radius 2 is 2.00 bits per heavy atom. The summed E-state index contributed by atoms with van der Waals surface area (Å²) in [4.78, 5) is 0. The zero-order valence-corrected chi connectivity index (χ0v) is 8.23. The molecule has 2 nitrogen and oxygen atoms in total. The molecule has 2 unspecified atom stereocenters. The van der Waals surface area contributed by atoms with Crippen molar-refractivity contribution in [3.05, 3.63) is 35.9 Å². The molecule has 0 aliphatic carbocycles. The molecular weight excluding hydrogens is 176 g/mol. The molecule has 1 fully saturated rings. The number of rotatable bonds is 3. The highest BCUT2D eigenvalue weighted by Crippen LogP contribution is 2.21. The summed E-state index contributed by atoms with van der Waals surface area (Å²) in [7, 11) is 0. The van der Waals surface area contributed by atoms with Crippen molar-refractivity contribution in [1.29, 1.82) is 0 Å². The summed E-state index contributed by atoms with van der Waals surface area (Å²) in [5, 5.41) is 9.17. The average Bonchev–Trinajstić information content (AvgIpc) is 2.63. The van der Waals surface area contributed by atoms with Gasteiger partial charge >= 0.3 is 0 Å². The van der Waals surface area contributed by atoms with E-state index in [1.165, 1.54) is 5.56 Å². The molecule has 1 N–H and O–H groups in total. The van der Waals surface area contributed by atoms with Gasteiger partial charge in [0.15, 0.2) is 6.29 Å². The lowest BCUT2D eigenvalue weighted by molar-refractivity contribution is -0.0914. The second-order valence-corrected chi connectivity index (χ2v) is 3.81. The van der Waals surface area contributed by atoms with E-state index in [4.69, 9.17) is 4.74 Å². The molecular formula is C12H16O2. The smallest absolute Gasteiger partial charge is 0.154 e. The van der Waals surface area contributed by atoms with E-state index in [2.05, 4.69) is 24.3 Å². The molecule has 1 aliphatic rings. The van der Waals surface area contributed by atoms with Gasteiger partial charge in [0, 0.05) is 6.42 Å². The summed E-state index contributed by atoms with van der Waals surface area (Å²) in [5.41, 5.74) is 1.34. The summed E-state index contributed by atoms with van der Waals surface area (Å²) in [6.45, 7) is 0. The zero-order valence-electron chi connectivity index (χ0n) is 8.23. The maximum absolute atomic E-state index is 9.17. The average molecular weight is 192 g/mol. The first-order valence-electron chi connectivity index (χ1n) is 5.22. The second kappa shape index (κ2) is 4.58. The third-order valence-electron chi connectivity index (χ3n) is 2.68. The van der Waals surface area contributed by atoms with Crippen LogP contribution >= 0.6 is 0 Å². The van der Waals surface area contributed by atoms with Crippen molar-refractivity contribution in [3.8, 4) is 0 Å². The molecule has 0 spiro atoms. The van der Waals surface area contributed by atoms with E-state index in [0.717, 1.165) is 25.7 Å². The zero-order chi connectivity index (χ0) is 9.80. The number of hydrogen-bond acceptors (Lipinski definition) is 2. The Balaban J connectivity index is 1.78. The number of benzene rings is 1. The summed E-state index contributed by atoms with van der Waals surface area (Å²) >= 11 is 0. The highest BCUT2D eigenvalue weighted by atomic mass is 16.6. The first kappa shape index (κ1) is 9.69. The second-order valence-electron chi connectivity index (χ2n) is 3.81. The van der Waals surface area contributed by atoms with E-state index in [1.807, 2.05) is 6.07 Å². The maximum atomic E-state index is 9.17. The Kier molecular flexibility index (Phi) is 3.17. The van der Waals surface area contributed by atoms with E-state index < -0.39 is 6.29 Å². The maximum Gasteiger partial charge on any atom is 0.154 e. The van der Waals surface area contributed by atoms with Crippen LogP contribution in [0.15, 0.2) is 30.3 Å². The van der Waals surface area contributed by atoms with E-state index in [-0.39, 0.29) is 6.10 Å². The normalized spacial score (nSPS) is 26.6. The van der Waals surface area contributed by atoms with Crippen LogP contribution in [0, 0.1) is 0 Å². The van der Waals surface area contributed by atoms with E-state index in [9.17, 15) is 5.11 Å². The summed E-state index contributed by atoms with van der Waals surface area (Å²) in [6, 6.07) is 10.4. The van der Waals surface area contributed by atoms with Gasteiger partial charge in [-0.2, -0.15) is 0 Å². The molecule has 2 rings (SSSR count). The molecule has 0 bridgehead atoms. The monoisotopic (exact) mass is 192 g/mol. The molecule has 76 valence electrons. The molecule has 0 amide bonds. The lowest BCUT2D eigenvalue weighted by atomic mass is 10.1. The van der Waals surface area contributed by atoms with Crippen molar-refractivity contribution in [2.24, 2.45) is 0 Å².